The Bertz CT molecular complexity index is 829. The zero-order valence-electron chi connectivity index (χ0n) is 12.5. The van der Waals surface area contributed by atoms with Gasteiger partial charge in [0.15, 0.2) is 0 Å². The molecule has 0 amide bonds. The number of hydrogen-bond acceptors (Lipinski definition) is 3. The molecule has 3 rings (SSSR count). The van der Waals surface area contributed by atoms with Crippen LogP contribution in [-0.2, 0) is 6.54 Å². The van der Waals surface area contributed by atoms with E-state index in [-0.39, 0.29) is 0 Å². The molecule has 0 aliphatic carbocycles. The number of aliphatic imine (C=N–C) groups is 1. The summed E-state index contributed by atoms with van der Waals surface area (Å²) in [5.74, 6) is 0. The van der Waals surface area contributed by atoms with E-state index in [1.54, 1.807) is 24.8 Å². The van der Waals surface area contributed by atoms with Crippen molar-refractivity contribution in [1.82, 2.24) is 9.97 Å². The zero-order chi connectivity index (χ0) is 15.4. The Morgan fingerprint density at radius 2 is 2.09 bits per heavy atom. The quantitative estimate of drug-likeness (QED) is 0.723. The molecule has 3 aromatic rings. The highest BCUT2D eigenvalue weighted by Gasteiger charge is 2.05. The second-order valence-corrected chi connectivity index (χ2v) is 5.17. The summed E-state index contributed by atoms with van der Waals surface area (Å²) in [6, 6.07) is 12.2. The predicted molar refractivity (Wildman–Crippen MR) is 91.6 cm³/mol. The average molecular weight is 290 g/mol. The van der Waals surface area contributed by atoms with Crippen LogP contribution in [0.5, 0.6) is 0 Å². The van der Waals surface area contributed by atoms with Crippen LogP contribution < -0.4 is 5.73 Å². The first-order valence-corrected chi connectivity index (χ1v) is 7.17. The van der Waals surface area contributed by atoms with Crippen LogP contribution in [-0.4, -0.2) is 16.2 Å². The number of pyridine rings is 1. The SMILES string of the molecule is Cc1cccc2[nH]c(C(C=NCc3ccncc3)=CN)cc12. The van der Waals surface area contributed by atoms with Crippen molar-refractivity contribution in [2.75, 3.05) is 0 Å². The van der Waals surface area contributed by atoms with E-state index in [4.69, 9.17) is 5.73 Å². The second kappa shape index (κ2) is 6.26. The molecule has 2 aromatic heterocycles. The minimum Gasteiger partial charge on any atom is -0.404 e. The Hall–Kier alpha value is -2.88. The molecule has 0 radical (unpaired) electrons. The van der Waals surface area contributed by atoms with Gasteiger partial charge in [0.25, 0.3) is 0 Å². The molecular formula is C18H18N4. The number of H-pyrrole nitrogens is 1. The Labute approximate surface area is 129 Å². The van der Waals surface area contributed by atoms with Crippen molar-refractivity contribution in [3.63, 3.8) is 0 Å². The first-order valence-electron chi connectivity index (χ1n) is 7.17. The van der Waals surface area contributed by atoms with Crippen LogP contribution >= 0.6 is 0 Å². The van der Waals surface area contributed by atoms with E-state index in [0.29, 0.717) is 6.54 Å². The maximum Gasteiger partial charge on any atom is 0.0641 e. The first kappa shape index (κ1) is 14.1. The zero-order valence-corrected chi connectivity index (χ0v) is 12.5. The molecule has 1 aromatic carbocycles. The highest BCUT2D eigenvalue weighted by molar-refractivity contribution is 6.10. The van der Waals surface area contributed by atoms with Crippen LogP contribution in [0.25, 0.3) is 16.5 Å². The van der Waals surface area contributed by atoms with E-state index in [0.717, 1.165) is 22.3 Å². The minimum atomic E-state index is 0.610. The minimum absolute atomic E-state index is 0.610. The van der Waals surface area contributed by atoms with Crippen LogP contribution in [0.2, 0.25) is 0 Å². The molecule has 0 saturated heterocycles. The lowest BCUT2D eigenvalue weighted by Gasteiger charge is -1.98. The molecule has 0 aliphatic rings. The van der Waals surface area contributed by atoms with Crippen LogP contribution in [0.1, 0.15) is 16.8 Å². The summed E-state index contributed by atoms with van der Waals surface area (Å²) in [5.41, 5.74) is 11.1. The molecular weight excluding hydrogens is 272 g/mol. The van der Waals surface area contributed by atoms with Gasteiger partial charge in [-0.05, 0) is 42.3 Å². The fraction of sp³-hybridized carbons (Fsp3) is 0.111. The van der Waals surface area contributed by atoms with Crippen molar-refractivity contribution in [2.24, 2.45) is 10.7 Å². The summed E-state index contributed by atoms with van der Waals surface area (Å²) in [5, 5.41) is 1.21. The fourth-order valence-electron chi connectivity index (χ4n) is 2.40. The van der Waals surface area contributed by atoms with Crippen molar-refractivity contribution in [2.45, 2.75) is 13.5 Å². The third kappa shape index (κ3) is 2.91. The average Bonchev–Trinajstić information content (AvgIpc) is 2.98. The number of aromatic amines is 1. The van der Waals surface area contributed by atoms with Gasteiger partial charge >= 0.3 is 0 Å². The molecule has 0 fully saturated rings. The van der Waals surface area contributed by atoms with Gasteiger partial charge in [0.05, 0.1) is 6.54 Å². The lowest BCUT2D eigenvalue weighted by Crippen LogP contribution is -1.92. The molecule has 22 heavy (non-hydrogen) atoms. The predicted octanol–water partition coefficient (Wildman–Crippen LogP) is 3.44. The molecule has 0 aliphatic heterocycles. The number of aromatic nitrogens is 2. The van der Waals surface area contributed by atoms with E-state index < -0.39 is 0 Å². The largest absolute Gasteiger partial charge is 0.404 e. The molecule has 0 unspecified atom stereocenters. The number of rotatable bonds is 4. The van der Waals surface area contributed by atoms with Crippen LogP contribution in [0.4, 0.5) is 0 Å². The maximum absolute atomic E-state index is 5.76. The summed E-state index contributed by atoms with van der Waals surface area (Å²) < 4.78 is 0. The molecule has 4 nitrogen and oxygen atoms in total. The van der Waals surface area contributed by atoms with E-state index in [1.165, 1.54) is 10.9 Å². The highest BCUT2D eigenvalue weighted by atomic mass is 14.7. The van der Waals surface area contributed by atoms with E-state index in [9.17, 15) is 0 Å². The molecule has 4 heteroatoms. The Morgan fingerprint density at radius 3 is 2.82 bits per heavy atom. The van der Waals surface area contributed by atoms with Crippen molar-refractivity contribution in [3.05, 3.63) is 71.8 Å². The van der Waals surface area contributed by atoms with E-state index in [2.05, 4.69) is 40.1 Å². The first-order chi connectivity index (χ1) is 10.8. The molecule has 2 heterocycles. The van der Waals surface area contributed by atoms with Gasteiger partial charge in [0, 0.05) is 47.0 Å². The second-order valence-electron chi connectivity index (χ2n) is 5.17. The van der Waals surface area contributed by atoms with Gasteiger partial charge in [0.1, 0.15) is 0 Å². The third-order valence-corrected chi connectivity index (χ3v) is 3.63. The number of nitrogens with one attached hydrogen (secondary N) is 1. The number of allylic oxidation sites excluding steroid dienone is 1. The summed E-state index contributed by atoms with van der Waals surface area (Å²) >= 11 is 0. The lowest BCUT2D eigenvalue weighted by atomic mass is 10.1. The number of benzene rings is 1. The standard InChI is InChI=1S/C18H18N4/c1-13-3-2-4-17-16(13)9-18(22-17)15(10-19)12-21-11-14-5-7-20-8-6-14/h2-10,12,22H,11,19H2,1H3. The summed E-state index contributed by atoms with van der Waals surface area (Å²) in [4.78, 5) is 11.8. The van der Waals surface area contributed by atoms with E-state index >= 15 is 0 Å². The van der Waals surface area contributed by atoms with Gasteiger partial charge in [-0.15, -0.1) is 0 Å². The Morgan fingerprint density at radius 1 is 1.27 bits per heavy atom. The van der Waals surface area contributed by atoms with Gasteiger partial charge in [-0.3, -0.25) is 9.98 Å². The highest BCUT2D eigenvalue weighted by Crippen LogP contribution is 2.22. The van der Waals surface area contributed by atoms with Crippen LogP contribution in [0, 0.1) is 6.92 Å². The maximum atomic E-state index is 5.76. The van der Waals surface area contributed by atoms with Crippen molar-refractivity contribution < 1.29 is 0 Å². The number of hydrogen-bond donors (Lipinski definition) is 2. The number of nitrogens with zero attached hydrogens (tertiary/aromatic N) is 2. The summed E-state index contributed by atoms with van der Waals surface area (Å²) in [7, 11) is 0. The number of aryl methyl sites for hydroxylation is 1. The van der Waals surface area contributed by atoms with Crippen molar-refractivity contribution in [3.8, 4) is 0 Å². The van der Waals surface area contributed by atoms with Crippen LogP contribution in [0.15, 0.2) is 60.0 Å². The van der Waals surface area contributed by atoms with Gasteiger partial charge in [-0.25, -0.2) is 0 Å². The smallest absolute Gasteiger partial charge is 0.0641 e. The molecule has 0 spiro atoms. The molecule has 0 saturated carbocycles. The number of fused-ring (bicyclic) bond motifs is 1. The molecule has 3 N–H and O–H groups in total. The number of nitrogens with two attached hydrogens (primary N) is 1. The monoisotopic (exact) mass is 290 g/mol. The fourth-order valence-corrected chi connectivity index (χ4v) is 2.40. The van der Waals surface area contributed by atoms with Crippen molar-refractivity contribution in [1.29, 1.82) is 0 Å². The van der Waals surface area contributed by atoms with Gasteiger partial charge in [-0.2, -0.15) is 0 Å². The Kier molecular flexibility index (Phi) is 4.01. The molecule has 0 bridgehead atoms. The van der Waals surface area contributed by atoms with Crippen LogP contribution in [0.3, 0.4) is 0 Å². The normalized spacial score (nSPS) is 12.3. The third-order valence-electron chi connectivity index (χ3n) is 3.63. The van der Waals surface area contributed by atoms with E-state index in [1.807, 2.05) is 18.2 Å². The topological polar surface area (TPSA) is 67.1 Å². The summed E-state index contributed by atoms with van der Waals surface area (Å²) in [6.07, 6.45) is 6.92. The lowest BCUT2D eigenvalue weighted by molar-refractivity contribution is 1.07. The van der Waals surface area contributed by atoms with Gasteiger partial charge in [0.2, 0.25) is 0 Å². The van der Waals surface area contributed by atoms with Crippen molar-refractivity contribution >= 4 is 22.7 Å². The molecule has 110 valence electrons. The summed E-state index contributed by atoms with van der Waals surface area (Å²) in [6.45, 7) is 2.71. The molecule has 0 atom stereocenters. The Balaban J connectivity index is 1.83. The van der Waals surface area contributed by atoms with Gasteiger partial charge < -0.3 is 10.7 Å². The van der Waals surface area contributed by atoms with Gasteiger partial charge in [-0.1, -0.05) is 12.1 Å².